The van der Waals surface area contributed by atoms with Crippen LogP contribution in [0.2, 0.25) is 4.34 Å². The molecule has 0 aliphatic rings. The molecule has 2 heterocycles. The quantitative estimate of drug-likeness (QED) is 0.939. The molecule has 0 saturated heterocycles. The van der Waals surface area contributed by atoms with Crippen molar-refractivity contribution < 1.29 is 9.32 Å². The number of amides is 1. The highest BCUT2D eigenvalue weighted by atomic mass is 35.5. The summed E-state index contributed by atoms with van der Waals surface area (Å²) in [5.41, 5.74) is 1.62. The molecule has 0 saturated carbocycles. The van der Waals surface area contributed by atoms with E-state index in [1.165, 1.54) is 11.3 Å². The number of halogens is 1. The second-order valence-electron chi connectivity index (χ2n) is 3.96. The predicted octanol–water partition coefficient (Wildman–Crippen LogP) is 2.87. The van der Waals surface area contributed by atoms with E-state index in [-0.39, 0.29) is 5.91 Å². The van der Waals surface area contributed by atoms with Gasteiger partial charge in [0, 0.05) is 10.4 Å². The largest absolute Gasteiger partial charge is 0.361 e. The first-order chi connectivity index (χ1) is 8.56. The molecule has 96 valence electrons. The molecule has 0 fully saturated rings. The van der Waals surface area contributed by atoms with E-state index in [4.69, 9.17) is 16.1 Å². The third kappa shape index (κ3) is 3.11. The fourth-order valence-corrected chi connectivity index (χ4v) is 2.64. The number of nitrogens with zero attached hydrogens (tertiary/aromatic N) is 1. The molecule has 0 radical (unpaired) electrons. The van der Waals surface area contributed by atoms with Gasteiger partial charge in [-0.05, 0) is 26.0 Å². The minimum atomic E-state index is -0.0473. The van der Waals surface area contributed by atoms with Gasteiger partial charge in [0.1, 0.15) is 5.76 Å². The highest BCUT2D eigenvalue weighted by molar-refractivity contribution is 7.16. The molecule has 0 spiro atoms. The van der Waals surface area contributed by atoms with Gasteiger partial charge >= 0.3 is 0 Å². The first kappa shape index (κ1) is 13.1. The fraction of sp³-hybridized carbons (Fsp3) is 0.333. The molecule has 0 aliphatic heterocycles. The molecular formula is C12H13ClN2O2S. The Morgan fingerprint density at radius 3 is 2.83 bits per heavy atom. The smallest absolute Gasteiger partial charge is 0.224 e. The Bertz CT molecular complexity index is 543. The number of carbonyl (C=O) groups excluding carboxylic acids is 1. The fourth-order valence-electron chi connectivity index (χ4n) is 1.61. The molecule has 1 N–H and O–H groups in total. The lowest BCUT2D eigenvalue weighted by molar-refractivity contribution is -0.120. The van der Waals surface area contributed by atoms with E-state index in [1.54, 1.807) is 0 Å². The molecule has 0 aromatic carbocycles. The summed E-state index contributed by atoms with van der Waals surface area (Å²) >= 11 is 7.28. The maximum absolute atomic E-state index is 11.8. The average molecular weight is 285 g/mol. The lowest BCUT2D eigenvalue weighted by Crippen LogP contribution is -2.24. The normalized spacial score (nSPS) is 10.6. The van der Waals surface area contributed by atoms with Crippen molar-refractivity contribution in [3.8, 4) is 0 Å². The van der Waals surface area contributed by atoms with E-state index in [0.29, 0.717) is 18.7 Å². The van der Waals surface area contributed by atoms with E-state index >= 15 is 0 Å². The molecule has 2 rings (SSSR count). The van der Waals surface area contributed by atoms with Gasteiger partial charge in [0.25, 0.3) is 0 Å². The zero-order valence-corrected chi connectivity index (χ0v) is 11.7. The Kier molecular flexibility index (Phi) is 4.04. The van der Waals surface area contributed by atoms with Crippen molar-refractivity contribution in [1.82, 2.24) is 10.5 Å². The molecule has 0 unspecified atom stereocenters. The van der Waals surface area contributed by atoms with E-state index in [0.717, 1.165) is 20.5 Å². The number of hydrogen-bond acceptors (Lipinski definition) is 4. The Hall–Kier alpha value is -1.33. The summed E-state index contributed by atoms with van der Waals surface area (Å²) in [5, 5.41) is 6.67. The molecule has 18 heavy (non-hydrogen) atoms. The van der Waals surface area contributed by atoms with Gasteiger partial charge in [0.05, 0.1) is 23.0 Å². The van der Waals surface area contributed by atoms with Crippen LogP contribution in [0.15, 0.2) is 16.7 Å². The molecule has 4 nitrogen and oxygen atoms in total. The van der Waals surface area contributed by atoms with Crippen molar-refractivity contribution in [2.24, 2.45) is 0 Å². The third-order valence-electron chi connectivity index (χ3n) is 2.61. The van der Waals surface area contributed by atoms with E-state index in [1.807, 2.05) is 26.0 Å². The Labute approximate surface area is 114 Å². The van der Waals surface area contributed by atoms with Gasteiger partial charge in [-0.1, -0.05) is 16.8 Å². The van der Waals surface area contributed by atoms with Crippen molar-refractivity contribution >= 4 is 28.8 Å². The van der Waals surface area contributed by atoms with Gasteiger partial charge in [-0.2, -0.15) is 0 Å². The van der Waals surface area contributed by atoms with Gasteiger partial charge in [0.15, 0.2) is 0 Å². The minimum absolute atomic E-state index is 0.0473. The van der Waals surface area contributed by atoms with Crippen molar-refractivity contribution in [1.29, 1.82) is 0 Å². The molecule has 2 aromatic heterocycles. The number of rotatable bonds is 4. The maximum Gasteiger partial charge on any atom is 0.224 e. The number of thiophene rings is 1. The molecule has 6 heteroatoms. The second kappa shape index (κ2) is 5.54. The lowest BCUT2D eigenvalue weighted by atomic mass is 10.1. The van der Waals surface area contributed by atoms with Gasteiger partial charge in [-0.3, -0.25) is 4.79 Å². The molecule has 0 bridgehead atoms. The minimum Gasteiger partial charge on any atom is -0.361 e. The van der Waals surface area contributed by atoms with Crippen molar-refractivity contribution in [2.45, 2.75) is 26.8 Å². The number of nitrogens with one attached hydrogen (secondary N) is 1. The monoisotopic (exact) mass is 284 g/mol. The summed E-state index contributed by atoms with van der Waals surface area (Å²) in [6, 6.07) is 3.73. The van der Waals surface area contributed by atoms with Crippen molar-refractivity contribution in [3.05, 3.63) is 38.4 Å². The Morgan fingerprint density at radius 1 is 1.50 bits per heavy atom. The zero-order valence-electron chi connectivity index (χ0n) is 10.1. The van der Waals surface area contributed by atoms with Gasteiger partial charge in [-0.15, -0.1) is 11.3 Å². The van der Waals surface area contributed by atoms with Crippen molar-refractivity contribution in [3.63, 3.8) is 0 Å². The van der Waals surface area contributed by atoms with Gasteiger partial charge < -0.3 is 9.84 Å². The maximum atomic E-state index is 11.8. The van der Waals surface area contributed by atoms with Crippen LogP contribution < -0.4 is 5.32 Å². The summed E-state index contributed by atoms with van der Waals surface area (Å²) < 4.78 is 5.74. The van der Waals surface area contributed by atoms with Crippen molar-refractivity contribution in [2.75, 3.05) is 0 Å². The van der Waals surface area contributed by atoms with Crippen LogP contribution in [0.4, 0.5) is 0 Å². The molecule has 0 aliphatic carbocycles. The SMILES string of the molecule is Cc1noc(C)c1CC(=O)NCc1ccc(Cl)s1. The first-order valence-electron chi connectivity index (χ1n) is 5.49. The molecule has 2 aromatic rings. The summed E-state index contributed by atoms with van der Waals surface area (Å²) in [6.07, 6.45) is 0.292. The molecule has 0 atom stereocenters. The van der Waals surface area contributed by atoms with Crippen LogP contribution in [0, 0.1) is 13.8 Å². The lowest BCUT2D eigenvalue weighted by Gasteiger charge is -2.03. The molecule has 1 amide bonds. The topological polar surface area (TPSA) is 55.1 Å². The average Bonchev–Trinajstić information content (AvgIpc) is 2.87. The van der Waals surface area contributed by atoms with Crippen LogP contribution in [-0.2, 0) is 17.8 Å². The second-order valence-corrected chi connectivity index (χ2v) is 5.76. The van der Waals surface area contributed by atoms with Crippen LogP contribution in [0.3, 0.4) is 0 Å². The third-order valence-corrected chi connectivity index (χ3v) is 3.84. The van der Waals surface area contributed by atoms with E-state index < -0.39 is 0 Å². The highest BCUT2D eigenvalue weighted by Gasteiger charge is 2.13. The van der Waals surface area contributed by atoms with E-state index in [2.05, 4.69) is 10.5 Å². The van der Waals surface area contributed by atoms with Crippen LogP contribution in [0.5, 0.6) is 0 Å². The highest BCUT2D eigenvalue weighted by Crippen LogP contribution is 2.21. The summed E-state index contributed by atoms with van der Waals surface area (Å²) in [6.45, 7) is 4.14. The van der Waals surface area contributed by atoms with Crippen LogP contribution in [-0.4, -0.2) is 11.1 Å². The Morgan fingerprint density at radius 2 is 2.28 bits per heavy atom. The summed E-state index contributed by atoms with van der Waals surface area (Å²) in [7, 11) is 0. The number of hydrogen-bond donors (Lipinski definition) is 1. The zero-order chi connectivity index (χ0) is 13.1. The predicted molar refractivity (Wildman–Crippen MR) is 70.9 cm³/mol. The van der Waals surface area contributed by atoms with Gasteiger partial charge in [-0.25, -0.2) is 0 Å². The first-order valence-corrected chi connectivity index (χ1v) is 6.68. The van der Waals surface area contributed by atoms with Crippen LogP contribution in [0.1, 0.15) is 21.9 Å². The summed E-state index contributed by atoms with van der Waals surface area (Å²) in [4.78, 5) is 12.8. The van der Waals surface area contributed by atoms with Crippen LogP contribution >= 0.6 is 22.9 Å². The van der Waals surface area contributed by atoms with Gasteiger partial charge in [0.2, 0.25) is 5.91 Å². The Balaban J connectivity index is 1.89. The standard InChI is InChI=1S/C12H13ClN2O2S/c1-7-10(8(2)17-15-7)5-12(16)14-6-9-3-4-11(13)18-9/h3-4H,5-6H2,1-2H3,(H,14,16). The van der Waals surface area contributed by atoms with E-state index in [9.17, 15) is 4.79 Å². The molecular weight excluding hydrogens is 272 g/mol. The number of carbonyl (C=O) groups is 1. The number of aromatic nitrogens is 1. The number of aryl methyl sites for hydroxylation is 2. The van der Waals surface area contributed by atoms with Crippen LogP contribution in [0.25, 0.3) is 0 Å². The summed E-state index contributed by atoms with van der Waals surface area (Å²) in [5.74, 6) is 0.649.